The number of hydrogen-bond acceptors (Lipinski definition) is 7. The van der Waals surface area contributed by atoms with Gasteiger partial charge in [-0.05, 0) is 30.5 Å². The third-order valence-corrected chi connectivity index (χ3v) is 5.00. The summed E-state index contributed by atoms with van der Waals surface area (Å²) < 4.78 is 0. The van der Waals surface area contributed by atoms with E-state index in [1.165, 1.54) is 12.1 Å². The number of phenols is 1. The van der Waals surface area contributed by atoms with Crippen molar-refractivity contribution in [2.45, 2.75) is 32.2 Å². The van der Waals surface area contributed by atoms with Crippen molar-refractivity contribution in [3.8, 4) is 5.75 Å². The molecular formula is C23H24N2O5. The van der Waals surface area contributed by atoms with Crippen LogP contribution in [0.25, 0.3) is 0 Å². The van der Waals surface area contributed by atoms with Crippen molar-refractivity contribution in [2.24, 2.45) is 0 Å². The Morgan fingerprint density at radius 3 is 2.37 bits per heavy atom. The molecule has 156 valence electrons. The van der Waals surface area contributed by atoms with Crippen molar-refractivity contribution in [1.82, 2.24) is 0 Å². The van der Waals surface area contributed by atoms with Crippen LogP contribution in [0.4, 0.5) is 17.1 Å². The fourth-order valence-electron chi connectivity index (χ4n) is 3.31. The number of aliphatic hydroxyl groups excluding tert-OH is 1. The van der Waals surface area contributed by atoms with Crippen molar-refractivity contribution in [2.75, 3.05) is 17.2 Å². The smallest absolute Gasteiger partial charge is 0.253 e. The molecule has 0 fully saturated rings. The molecule has 0 aliphatic carbocycles. The molecule has 3 rings (SSSR count). The maximum absolute atomic E-state index is 12.2. The third kappa shape index (κ3) is 4.26. The molecule has 0 spiro atoms. The second-order valence-corrected chi connectivity index (χ2v) is 7.00. The van der Waals surface area contributed by atoms with Crippen LogP contribution in [0.1, 0.15) is 48.1 Å². The Morgan fingerprint density at radius 1 is 1.00 bits per heavy atom. The van der Waals surface area contributed by atoms with Crippen molar-refractivity contribution >= 4 is 22.8 Å². The summed E-state index contributed by atoms with van der Waals surface area (Å²) in [6, 6.07) is 14.0. The SMILES string of the molecule is CC[C@@H](Nc1c(Nc2cccc(C(=O)CCCO)c2O)c(=O)c1=O)c1ccccc1. The molecule has 0 amide bonds. The van der Waals surface area contributed by atoms with Gasteiger partial charge in [-0.1, -0.05) is 43.3 Å². The van der Waals surface area contributed by atoms with Gasteiger partial charge >= 0.3 is 0 Å². The molecule has 0 saturated heterocycles. The molecule has 0 unspecified atom stereocenters. The summed E-state index contributed by atoms with van der Waals surface area (Å²) in [5.74, 6) is -0.613. The molecule has 0 heterocycles. The predicted octanol–water partition coefficient (Wildman–Crippen LogP) is 3.25. The van der Waals surface area contributed by atoms with E-state index in [0.29, 0.717) is 12.8 Å². The van der Waals surface area contributed by atoms with Gasteiger partial charge < -0.3 is 20.8 Å². The Labute approximate surface area is 173 Å². The van der Waals surface area contributed by atoms with Gasteiger partial charge in [0, 0.05) is 13.0 Å². The van der Waals surface area contributed by atoms with Gasteiger partial charge in [0.25, 0.3) is 10.9 Å². The Kier molecular flexibility index (Phi) is 6.64. The Balaban J connectivity index is 1.86. The van der Waals surface area contributed by atoms with E-state index >= 15 is 0 Å². The minimum Gasteiger partial charge on any atom is -0.505 e. The summed E-state index contributed by atoms with van der Waals surface area (Å²) in [4.78, 5) is 36.6. The highest BCUT2D eigenvalue weighted by atomic mass is 16.3. The minimum atomic E-state index is -0.683. The number of aromatic hydroxyl groups is 1. The first-order valence-electron chi connectivity index (χ1n) is 9.85. The number of Topliss-reactive ketones (excluding diaryl/α,β-unsaturated/α-hetero) is 1. The average molecular weight is 408 g/mol. The van der Waals surface area contributed by atoms with E-state index in [4.69, 9.17) is 5.11 Å². The highest BCUT2D eigenvalue weighted by Gasteiger charge is 2.25. The number of carbonyl (C=O) groups excluding carboxylic acids is 1. The number of para-hydroxylation sites is 1. The fourth-order valence-corrected chi connectivity index (χ4v) is 3.31. The molecule has 0 aromatic heterocycles. The van der Waals surface area contributed by atoms with Gasteiger partial charge in [0.15, 0.2) is 5.78 Å². The van der Waals surface area contributed by atoms with Crippen molar-refractivity contribution < 1.29 is 15.0 Å². The Morgan fingerprint density at radius 2 is 1.70 bits per heavy atom. The van der Waals surface area contributed by atoms with Crippen LogP contribution in [0.2, 0.25) is 0 Å². The molecule has 4 N–H and O–H groups in total. The normalized spacial score (nSPS) is 11.9. The summed E-state index contributed by atoms with van der Waals surface area (Å²) in [7, 11) is 0. The van der Waals surface area contributed by atoms with Crippen LogP contribution in [0, 0.1) is 0 Å². The summed E-state index contributed by atoms with van der Waals surface area (Å²) in [5, 5.41) is 25.3. The minimum absolute atomic E-state index is 0.0599. The number of aliphatic hydroxyl groups is 1. The molecule has 3 aromatic carbocycles. The number of hydrogen-bond donors (Lipinski definition) is 4. The summed E-state index contributed by atoms with van der Waals surface area (Å²) >= 11 is 0. The van der Waals surface area contributed by atoms with Crippen LogP contribution in [-0.2, 0) is 0 Å². The van der Waals surface area contributed by atoms with Gasteiger partial charge in [-0.3, -0.25) is 14.4 Å². The number of rotatable bonds is 10. The van der Waals surface area contributed by atoms with Gasteiger partial charge in [-0.2, -0.15) is 0 Å². The van der Waals surface area contributed by atoms with Crippen molar-refractivity contribution in [1.29, 1.82) is 0 Å². The zero-order valence-electron chi connectivity index (χ0n) is 16.6. The fraction of sp³-hybridized carbons (Fsp3) is 0.261. The van der Waals surface area contributed by atoms with Gasteiger partial charge in [-0.15, -0.1) is 0 Å². The number of anilines is 3. The van der Waals surface area contributed by atoms with Crippen LogP contribution < -0.4 is 21.5 Å². The summed E-state index contributed by atoms with van der Waals surface area (Å²) in [5.41, 5.74) is 0.151. The Bertz CT molecular complexity index is 1100. The molecular weight excluding hydrogens is 384 g/mol. The molecule has 0 aliphatic rings. The maximum atomic E-state index is 12.2. The molecule has 0 bridgehead atoms. The van der Waals surface area contributed by atoms with Crippen molar-refractivity contribution in [3.05, 3.63) is 80.1 Å². The summed E-state index contributed by atoms with van der Waals surface area (Å²) in [6.07, 6.45) is 1.08. The van der Waals surface area contributed by atoms with E-state index in [9.17, 15) is 19.5 Å². The molecule has 7 nitrogen and oxygen atoms in total. The monoisotopic (exact) mass is 408 g/mol. The quantitative estimate of drug-likeness (QED) is 0.231. The van der Waals surface area contributed by atoms with Crippen LogP contribution in [0.15, 0.2) is 58.1 Å². The molecule has 3 aromatic rings. The topological polar surface area (TPSA) is 116 Å². The lowest BCUT2D eigenvalue weighted by Gasteiger charge is -2.22. The number of benzene rings is 2. The number of nitrogens with one attached hydrogen (secondary N) is 2. The second kappa shape index (κ2) is 9.37. The number of carbonyl (C=O) groups is 1. The average Bonchev–Trinajstić information content (AvgIpc) is 2.78. The molecule has 0 saturated carbocycles. The van der Waals surface area contributed by atoms with E-state index in [1.54, 1.807) is 6.07 Å². The Hall–Kier alpha value is -3.45. The highest BCUT2D eigenvalue weighted by Crippen LogP contribution is 2.33. The van der Waals surface area contributed by atoms with E-state index in [2.05, 4.69) is 10.6 Å². The molecule has 1 atom stereocenters. The first kappa shape index (κ1) is 21.3. The zero-order valence-corrected chi connectivity index (χ0v) is 16.6. The second-order valence-electron chi connectivity index (χ2n) is 7.00. The number of phenolic OH excluding ortho intramolecular Hbond substituents is 1. The number of ketones is 1. The lowest BCUT2D eigenvalue weighted by molar-refractivity contribution is 0.0968. The first-order chi connectivity index (χ1) is 14.5. The van der Waals surface area contributed by atoms with Gasteiger partial charge in [0.05, 0.1) is 17.3 Å². The summed E-state index contributed by atoms with van der Waals surface area (Å²) in [6.45, 7) is 1.85. The third-order valence-electron chi connectivity index (χ3n) is 5.00. The van der Waals surface area contributed by atoms with Crippen molar-refractivity contribution in [3.63, 3.8) is 0 Å². The maximum Gasteiger partial charge on any atom is 0.253 e. The van der Waals surface area contributed by atoms with Gasteiger partial charge in [0.2, 0.25) is 0 Å². The lowest BCUT2D eigenvalue weighted by Crippen LogP contribution is -2.37. The van der Waals surface area contributed by atoms with Crippen LogP contribution >= 0.6 is 0 Å². The van der Waals surface area contributed by atoms with E-state index in [-0.39, 0.29) is 53.2 Å². The van der Waals surface area contributed by atoms with E-state index in [1.807, 2.05) is 37.3 Å². The molecule has 0 radical (unpaired) electrons. The molecule has 0 aliphatic heterocycles. The molecule has 7 heteroatoms. The largest absolute Gasteiger partial charge is 0.505 e. The van der Waals surface area contributed by atoms with Crippen LogP contribution in [-0.4, -0.2) is 22.6 Å². The lowest BCUT2D eigenvalue weighted by atomic mass is 10.0. The first-order valence-corrected chi connectivity index (χ1v) is 9.85. The zero-order chi connectivity index (χ0) is 21.7. The standard InChI is InChI=1S/C23H24N2O5/c1-2-16(14-8-4-3-5-9-14)24-19-20(23(30)22(19)29)25-17-11-6-10-15(21(17)28)18(27)12-7-13-26/h3-6,8-11,16,24-26,28H,2,7,12-13H2,1H3/t16-/m1/s1. The van der Waals surface area contributed by atoms with Crippen LogP contribution in [0.3, 0.4) is 0 Å². The van der Waals surface area contributed by atoms with E-state index < -0.39 is 10.9 Å². The predicted molar refractivity (Wildman–Crippen MR) is 116 cm³/mol. The van der Waals surface area contributed by atoms with Gasteiger partial charge in [0.1, 0.15) is 17.1 Å². The molecule has 30 heavy (non-hydrogen) atoms. The van der Waals surface area contributed by atoms with E-state index in [0.717, 1.165) is 5.56 Å². The van der Waals surface area contributed by atoms with Gasteiger partial charge in [-0.25, -0.2) is 0 Å². The highest BCUT2D eigenvalue weighted by molar-refractivity contribution is 6.00. The van der Waals surface area contributed by atoms with Crippen LogP contribution in [0.5, 0.6) is 5.75 Å².